The number of benzene rings is 4. The number of likely N-dealkylation sites (N-methyl/N-ethyl adjacent to an activating group) is 1. The van der Waals surface area contributed by atoms with Crippen LogP contribution in [-0.4, -0.2) is 105 Å². The molecule has 2 aromatic heterocycles. The number of carbonyl (C=O) groups is 4. The second-order valence-corrected chi connectivity index (χ2v) is 20.8. The predicted molar refractivity (Wildman–Crippen MR) is 273 cm³/mol. The van der Waals surface area contributed by atoms with Crippen molar-refractivity contribution in [3.63, 3.8) is 0 Å². The molecule has 0 unspecified atom stereocenters. The van der Waals surface area contributed by atoms with E-state index >= 15 is 0 Å². The molecule has 0 spiro atoms. The van der Waals surface area contributed by atoms with Crippen molar-refractivity contribution < 1.29 is 39.2 Å². The molecular weight excluding hydrogens is 911 g/mol. The van der Waals surface area contributed by atoms with Gasteiger partial charge in [0.1, 0.15) is 35.9 Å². The number of ketones is 1. The van der Waals surface area contributed by atoms with E-state index in [0.717, 1.165) is 68.2 Å². The van der Waals surface area contributed by atoms with Gasteiger partial charge < -0.3 is 40.5 Å². The van der Waals surface area contributed by atoms with Gasteiger partial charge in [-0.3, -0.25) is 19.2 Å². The molecule has 0 aliphatic carbocycles. The van der Waals surface area contributed by atoms with Gasteiger partial charge in [0.15, 0.2) is 5.78 Å². The molecule has 0 radical (unpaired) electrons. The van der Waals surface area contributed by atoms with Crippen molar-refractivity contribution in [2.75, 3.05) is 32.8 Å². The van der Waals surface area contributed by atoms with Crippen LogP contribution in [0.1, 0.15) is 99.9 Å². The smallest absolute Gasteiger partial charge is 0.246 e. The summed E-state index contributed by atoms with van der Waals surface area (Å²) in [6.07, 6.45) is 1.84. The highest BCUT2D eigenvalue weighted by molar-refractivity contribution is 7.22. The zero-order chi connectivity index (χ0) is 49.4. The van der Waals surface area contributed by atoms with Crippen LogP contribution in [0.2, 0.25) is 0 Å². The van der Waals surface area contributed by atoms with Gasteiger partial charge in [0.2, 0.25) is 17.7 Å². The highest BCUT2D eigenvalue weighted by Crippen LogP contribution is 2.42. The summed E-state index contributed by atoms with van der Waals surface area (Å²) in [5.74, 6) is -0.210. The van der Waals surface area contributed by atoms with Gasteiger partial charge in [0.25, 0.3) is 0 Å². The van der Waals surface area contributed by atoms with Gasteiger partial charge in [-0.15, -0.1) is 22.7 Å². The van der Waals surface area contributed by atoms with Crippen molar-refractivity contribution in [2.24, 2.45) is 5.41 Å². The molecular formula is C54H63N5O8S2. The van der Waals surface area contributed by atoms with Gasteiger partial charge in [-0.05, 0) is 129 Å². The van der Waals surface area contributed by atoms with Crippen LogP contribution >= 0.6 is 22.7 Å². The lowest BCUT2D eigenvalue weighted by Gasteiger charge is -2.35. The molecule has 1 fully saturated rings. The van der Waals surface area contributed by atoms with Crippen LogP contribution < -0.4 is 15.4 Å². The Bertz CT molecular complexity index is 2730. The molecule has 69 heavy (non-hydrogen) atoms. The van der Waals surface area contributed by atoms with Crippen LogP contribution in [0.25, 0.3) is 31.0 Å². The largest absolute Gasteiger partial charge is 0.508 e. The molecule has 5 N–H and O–H groups in total. The number of carbonyl (C=O) groups excluding carboxylic acids is 4. The third-order valence-electron chi connectivity index (χ3n) is 12.7. The SMILES string of the molecule is CCN(CCCCCC(=O)N[C@H](C(=O)N1C[C@H](O)C[C@H]1C(=O)N[C@@H](C)c1ccc(-c2scnc2C)cc1)C(C)(C)C)CCOc1ccc(C(=O)c2c(-c3ccc(O)cc3)sc3cc(O)ccc23)cc1. The normalized spacial score (nSPS) is 15.9. The summed E-state index contributed by atoms with van der Waals surface area (Å²) < 4.78 is 6.87. The number of unbranched alkanes of at least 4 members (excludes halogenated alkanes) is 2. The number of hydrogen-bond donors (Lipinski definition) is 5. The molecule has 6 aromatic rings. The monoisotopic (exact) mass is 973 g/mol. The standard InChI is InChI=1S/C54H63N5O8S2/c1-7-58(27-28-67-42-23-18-36(19-24-42)48(64)47-43-25-22-40(61)30-45(43)69-50(47)38-16-20-39(60)21-17-38)26-10-8-9-11-46(63)57-51(54(4,5)6)53(66)59-31-41(62)29-44(59)52(65)56-33(2)35-12-14-37(15-13-35)49-34(3)55-32-68-49/h12-25,30,32-33,41,44,51,60-62H,7-11,26-29,31H2,1-6H3,(H,56,65)(H,57,63)/t33-,41+,44-,51+/m0/s1. The fourth-order valence-corrected chi connectivity index (χ4v) is 10.8. The van der Waals surface area contributed by atoms with Gasteiger partial charge in [-0.1, -0.05) is 58.4 Å². The number of likely N-dealkylation sites (tertiary alicyclic amines) is 1. The summed E-state index contributed by atoms with van der Waals surface area (Å²) in [6, 6.07) is 24.7. The Morgan fingerprint density at radius 2 is 1.55 bits per heavy atom. The van der Waals surface area contributed by atoms with E-state index in [2.05, 4.69) is 27.4 Å². The number of hydrogen-bond acceptors (Lipinski definition) is 12. The number of aliphatic hydroxyl groups is 1. The number of nitrogens with zero attached hydrogens (tertiary/aromatic N) is 3. The number of nitrogens with one attached hydrogen (secondary N) is 2. The minimum absolute atomic E-state index is 0.00897. The summed E-state index contributed by atoms with van der Waals surface area (Å²) in [7, 11) is 0. The molecule has 1 aliphatic rings. The molecule has 15 heteroatoms. The second-order valence-electron chi connectivity index (χ2n) is 18.9. The van der Waals surface area contributed by atoms with Crippen LogP contribution in [0.5, 0.6) is 17.2 Å². The van der Waals surface area contributed by atoms with Crippen molar-refractivity contribution in [1.29, 1.82) is 0 Å². The third kappa shape index (κ3) is 12.6. The maximum atomic E-state index is 14.2. The van der Waals surface area contributed by atoms with Crippen LogP contribution in [-0.2, 0) is 14.4 Å². The first-order valence-electron chi connectivity index (χ1n) is 23.6. The average Bonchev–Trinajstić information content (AvgIpc) is 4.05. The average molecular weight is 974 g/mol. The highest BCUT2D eigenvalue weighted by Gasteiger charge is 2.44. The van der Waals surface area contributed by atoms with Crippen molar-refractivity contribution in [3.05, 3.63) is 119 Å². The molecule has 0 bridgehead atoms. The fraction of sp³-hybridized carbons (Fsp3) is 0.389. The van der Waals surface area contributed by atoms with Gasteiger partial charge >= 0.3 is 0 Å². The Morgan fingerprint density at radius 3 is 2.22 bits per heavy atom. The second kappa shape index (κ2) is 22.5. The molecule has 1 aliphatic heterocycles. The number of amides is 3. The number of aryl methyl sites for hydroxylation is 1. The van der Waals surface area contributed by atoms with Crippen LogP contribution in [0.4, 0.5) is 0 Å². The Kier molecular flexibility index (Phi) is 16.6. The Morgan fingerprint density at radius 1 is 0.870 bits per heavy atom. The van der Waals surface area contributed by atoms with Crippen LogP contribution in [0.3, 0.4) is 0 Å². The lowest BCUT2D eigenvalue weighted by Crippen LogP contribution is -2.57. The number of aromatic nitrogens is 1. The molecule has 4 atom stereocenters. The first kappa shape index (κ1) is 50.7. The number of phenolic OH excluding ortho intramolecular Hbond substituents is 2. The Labute approximate surface area is 412 Å². The maximum Gasteiger partial charge on any atom is 0.246 e. The van der Waals surface area contributed by atoms with Gasteiger partial charge in [-0.25, -0.2) is 4.98 Å². The molecule has 364 valence electrons. The summed E-state index contributed by atoms with van der Waals surface area (Å²) >= 11 is 3.00. The number of phenols is 2. The van der Waals surface area contributed by atoms with Gasteiger partial charge in [0, 0.05) is 52.0 Å². The molecule has 7 rings (SSSR count). The number of aromatic hydroxyl groups is 2. The Balaban J connectivity index is 0.849. The molecule has 0 saturated carbocycles. The first-order valence-corrected chi connectivity index (χ1v) is 25.3. The molecule has 3 amide bonds. The lowest BCUT2D eigenvalue weighted by molar-refractivity contribution is -0.144. The van der Waals surface area contributed by atoms with Crippen LogP contribution in [0, 0.1) is 12.3 Å². The molecule has 4 aromatic carbocycles. The fourth-order valence-electron chi connectivity index (χ4n) is 8.74. The zero-order valence-electron chi connectivity index (χ0n) is 40.2. The number of thiophene rings is 1. The summed E-state index contributed by atoms with van der Waals surface area (Å²) in [5, 5.41) is 37.4. The summed E-state index contributed by atoms with van der Waals surface area (Å²) in [6.45, 7) is 14.4. The zero-order valence-corrected chi connectivity index (χ0v) is 41.8. The number of fused-ring (bicyclic) bond motifs is 1. The Hall–Kier alpha value is -6.13. The number of ether oxygens (including phenoxy) is 1. The maximum absolute atomic E-state index is 14.2. The third-order valence-corrected chi connectivity index (χ3v) is 14.9. The molecule has 1 saturated heterocycles. The highest BCUT2D eigenvalue weighted by atomic mass is 32.1. The first-order chi connectivity index (χ1) is 33.0. The van der Waals surface area contributed by atoms with E-state index < -0.39 is 23.6 Å². The quantitative estimate of drug-likeness (QED) is 0.0366. The number of β-amino-alcohol motifs (C(OH)–C–C–N with tert-alkyl or cyclic N) is 1. The van der Waals surface area contributed by atoms with Gasteiger partial charge in [0.05, 0.1) is 28.2 Å². The number of thiazole rings is 1. The molecule has 3 heterocycles. The van der Waals surface area contributed by atoms with E-state index in [-0.39, 0.29) is 60.4 Å². The van der Waals surface area contributed by atoms with Crippen molar-refractivity contribution >= 4 is 56.3 Å². The van der Waals surface area contributed by atoms with Crippen molar-refractivity contribution in [1.82, 2.24) is 25.4 Å². The van der Waals surface area contributed by atoms with E-state index in [0.29, 0.717) is 36.4 Å². The van der Waals surface area contributed by atoms with E-state index in [1.807, 2.05) is 64.4 Å². The van der Waals surface area contributed by atoms with E-state index in [4.69, 9.17) is 4.74 Å². The van der Waals surface area contributed by atoms with Crippen molar-refractivity contribution in [3.8, 4) is 38.1 Å². The minimum atomic E-state index is -0.889. The van der Waals surface area contributed by atoms with E-state index in [1.54, 1.807) is 78.1 Å². The summed E-state index contributed by atoms with van der Waals surface area (Å²) in [4.78, 5) is 65.1. The van der Waals surface area contributed by atoms with Gasteiger partial charge in [-0.2, -0.15) is 0 Å². The lowest BCUT2D eigenvalue weighted by atomic mass is 9.85. The minimum Gasteiger partial charge on any atom is -0.508 e. The number of rotatable bonds is 20. The molecule has 13 nitrogen and oxygen atoms in total. The van der Waals surface area contributed by atoms with E-state index in [9.17, 15) is 34.5 Å². The van der Waals surface area contributed by atoms with Crippen LogP contribution in [0.15, 0.2) is 96.5 Å². The van der Waals surface area contributed by atoms with E-state index in [1.165, 1.54) is 16.2 Å². The summed E-state index contributed by atoms with van der Waals surface area (Å²) in [5.41, 5.74) is 5.94. The topological polar surface area (TPSA) is 182 Å². The predicted octanol–water partition coefficient (Wildman–Crippen LogP) is 9.27. The van der Waals surface area contributed by atoms with Crippen molar-refractivity contribution in [2.45, 2.75) is 97.9 Å². The number of aliphatic hydroxyl groups excluding tert-OH is 1.